The maximum Gasteiger partial charge on any atom is 0.220 e. The molecular formula is C11H15N5S. The molecule has 0 amide bonds. The molecular weight excluding hydrogens is 234 g/mol. The number of hydrogen-bond acceptors (Lipinski definition) is 3. The van der Waals surface area contributed by atoms with Gasteiger partial charge in [0.15, 0.2) is 0 Å². The van der Waals surface area contributed by atoms with Crippen LogP contribution in [0.3, 0.4) is 0 Å². The zero-order valence-electron chi connectivity index (χ0n) is 9.47. The molecule has 0 saturated carbocycles. The maximum atomic E-state index is 4.96. The van der Waals surface area contributed by atoms with Gasteiger partial charge in [-0.3, -0.25) is 10.2 Å². The smallest absolute Gasteiger partial charge is 0.220 e. The number of piperidine rings is 1. The molecule has 2 aromatic rings. The molecule has 0 aliphatic carbocycles. The van der Waals surface area contributed by atoms with Gasteiger partial charge in [0.05, 0.1) is 0 Å². The lowest BCUT2D eigenvalue weighted by molar-refractivity contribution is 0.395. The number of hydrogen-bond donors (Lipinski definition) is 2. The molecule has 2 aromatic heterocycles. The zero-order valence-corrected chi connectivity index (χ0v) is 10.3. The summed E-state index contributed by atoms with van der Waals surface area (Å²) in [6.45, 7) is 2.03. The van der Waals surface area contributed by atoms with Crippen LogP contribution in [0.25, 0.3) is 0 Å². The van der Waals surface area contributed by atoms with Crippen LogP contribution in [0.4, 0.5) is 5.95 Å². The molecule has 2 N–H and O–H groups in total. The number of nitrogens with one attached hydrogen (secondary N) is 2. The quantitative estimate of drug-likeness (QED) is 0.801. The fraction of sp³-hybridized carbons (Fsp3) is 0.455. The lowest BCUT2D eigenvalue weighted by Gasteiger charge is -2.32. The van der Waals surface area contributed by atoms with E-state index in [1.165, 1.54) is 0 Å². The molecule has 3 heterocycles. The van der Waals surface area contributed by atoms with Crippen molar-refractivity contribution in [3.05, 3.63) is 29.3 Å². The first kappa shape index (κ1) is 10.6. The van der Waals surface area contributed by atoms with E-state index in [-0.39, 0.29) is 0 Å². The Labute approximate surface area is 104 Å². The molecule has 1 aliphatic rings. The Morgan fingerprint density at radius 2 is 1.88 bits per heavy atom. The Kier molecular flexibility index (Phi) is 2.72. The Morgan fingerprint density at radius 3 is 2.47 bits per heavy atom. The lowest BCUT2D eigenvalue weighted by atomic mass is 10.1. The van der Waals surface area contributed by atoms with E-state index in [0.29, 0.717) is 10.8 Å². The van der Waals surface area contributed by atoms with E-state index in [4.69, 9.17) is 12.2 Å². The number of rotatable bonds is 2. The van der Waals surface area contributed by atoms with Crippen LogP contribution < -0.4 is 4.90 Å². The average Bonchev–Trinajstić information content (AvgIpc) is 3.00. The summed E-state index contributed by atoms with van der Waals surface area (Å²) in [7, 11) is 0. The third-order valence-corrected chi connectivity index (χ3v) is 3.50. The summed E-state index contributed by atoms with van der Waals surface area (Å²) < 4.78 is 2.82. The molecule has 3 rings (SSSR count). The zero-order chi connectivity index (χ0) is 11.7. The Balaban J connectivity index is 1.66. The van der Waals surface area contributed by atoms with Gasteiger partial charge < -0.3 is 9.47 Å². The average molecular weight is 249 g/mol. The van der Waals surface area contributed by atoms with Crippen molar-refractivity contribution < 1.29 is 0 Å². The van der Waals surface area contributed by atoms with Gasteiger partial charge in [-0.05, 0) is 37.2 Å². The lowest BCUT2D eigenvalue weighted by Crippen LogP contribution is -2.35. The standard InChI is InChI=1S/C11H15N5S/c17-11-12-10(13-14-11)16-7-3-9(4-8-16)15-5-1-2-6-15/h1-2,5-6,9H,3-4,7-8H2,(H2,12,13,14,17). The minimum Gasteiger partial charge on any atom is -0.351 e. The molecule has 17 heavy (non-hydrogen) atoms. The Hall–Kier alpha value is -1.56. The number of aromatic nitrogens is 4. The molecule has 0 spiro atoms. The summed E-state index contributed by atoms with van der Waals surface area (Å²) in [4.78, 5) is 6.49. The summed E-state index contributed by atoms with van der Waals surface area (Å²) in [5.41, 5.74) is 0. The predicted octanol–water partition coefficient (Wildman–Crippen LogP) is 2.11. The summed E-state index contributed by atoms with van der Waals surface area (Å²) >= 11 is 4.96. The van der Waals surface area contributed by atoms with Crippen molar-refractivity contribution in [2.45, 2.75) is 18.9 Å². The molecule has 1 aliphatic heterocycles. The number of aromatic amines is 2. The molecule has 6 heteroatoms. The highest BCUT2D eigenvalue weighted by molar-refractivity contribution is 7.71. The van der Waals surface area contributed by atoms with Gasteiger partial charge in [-0.2, -0.15) is 4.98 Å². The Morgan fingerprint density at radius 1 is 1.18 bits per heavy atom. The number of anilines is 1. The van der Waals surface area contributed by atoms with E-state index in [0.717, 1.165) is 31.9 Å². The van der Waals surface area contributed by atoms with Crippen molar-refractivity contribution in [1.82, 2.24) is 19.7 Å². The van der Waals surface area contributed by atoms with Crippen molar-refractivity contribution in [2.24, 2.45) is 0 Å². The van der Waals surface area contributed by atoms with Crippen LogP contribution in [0.15, 0.2) is 24.5 Å². The van der Waals surface area contributed by atoms with Crippen LogP contribution in [-0.4, -0.2) is 32.8 Å². The van der Waals surface area contributed by atoms with Crippen molar-refractivity contribution in [2.75, 3.05) is 18.0 Å². The summed E-state index contributed by atoms with van der Waals surface area (Å²) in [5, 5.41) is 5.84. The highest BCUT2D eigenvalue weighted by Gasteiger charge is 2.21. The SMILES string of the molecule is S=c1nc(N2CCC(n3cccc3)CC2)[nH][nH]1. The molecule has 1 saturated heterocycles. The first-order valence-electron chi connectivity index (χ1n) is 5.85. The first-order valence-corrected chi connectivity index (χ1v) is 6.26. The van der Waals surface area contributed by atoms with E-state index in [1.807, 2.05) is 0 Å². The van der Waals surface area contributed by atoms with Crippen molar-refractivity contribution in [1.29, 1.82) is 0 Å². The van der Waals surface area contributed by atoms with Crippen molar-refractivity contribution in [3.8, 4) is 0 Å². The topological polar surface area (TPSA) is 52.6 Å². The van der Waals surface area contributed by atoms with E-state index < -0.39 is 0 Å². The van der Waals surface area contributed by atoms with E-state index in [2.05, 4.69) is 49.2 Å². The Bertz CT molecular complexity index is 518. The second-order valence-corrected chi connectivity index (χ2v) is 4.73. The van der Waals surface area contributed by atoms with E-state index >= 15 is 0 Å². The highest BCUT2D eigenvalue weighted by atomic mass is 32.1. The summed E-state index contributed by atoms with van der Waals surface area (Å²) in [5.74, 6) is 0.862. The molecule has 0 aromatic carbocycles. The van der Waals surface area contributed by atoms with E-state index in [9.17, 15) is 0 Å². The largest absolute Gasteiger partial charge is 0.351 e. The molecule has 0 bridgehead atoms. The van der Waals surface area contributed by atoms with Gasteiger partial charge in [0.1, 0.15) is 0 Å². The van der Waals surface area contributed by atoms with Crippen LogP contribution in [0, 0.1) is 4.77 Å². The number of nitrogens with zero attached hydrogens (tertiary/aromatic N) is 3. The van der Waals surface area contributed by atoms with Crippen molar-refractivity contribution >= 4 is 18.2 Å². The molecule has 1 fully saturated rings. The van der Waals surface area contributed by atoms with Crippen LogP contribution in [0.2, 0.25) is 0 Å². The van der Waals surface area contributed by atoms with Crippen LogP contribution in [-0.2, 0) is 0 Å². The monoisotopic (exact) mass is 249 g/mol. The number of H-pyrrole nitrogens is 2. The van der Waals surface area contributed by atoms with Gasteiger partial charge >= 0.3 is 0 Å². The molecule has 5 nitrogen and oxygen atoms in total. The van der Waals surface area contributed by atoms with E-state index in [1.54, 1.807) is 0 Å². The highest BCUT2D eigenvalue weighted by Crippen LogP contribution is 2.24. The molecule has 0 unspecified atom stereocenters. The third-order valence-electron chi connectivity index (χ3n) is 3.30. The van der Waals surface area contributed by atoms with Gasteiger partial charge in [-0.15, -0.1) is 0 Å². The van der Waals surface area contributed by atoms with Gasteiger partial charge in [0.25, 0.3) is 0 Å². The summed E-state index contributed by atoms with van der Waals surface area (Å²) in [6.07, 6.45) is 6.56. The second kappa shape index (κ2) is 4.37. The van der Waals surface area contributed by atoms with Gasteiger partial charge in [0, 0.05) is 31.5 Å². The van der Waals surface area contributed by atoms with Gasteiger partial charge in [0.2, 0.25) is 10.7 Å². The molecule has 0 radical (unpaired) electrons. The van der Waals surface area contributed by atoms with Crippen LogP contribution in [0.5, 0.6) is 0 Å². The summed E-state index contributed by atoms with van der Waals surface area (Å²) in [6, 6.07) is 4.78. The van der Waals surface area contributed by atoms with Crippen LogP contribution in [0.1, 0.15) is 18.9 Å². The third kappa shape index (κ3) is 2.12. The minimum atomic E-state index is 0.521. The van der Waals surface area contributed by atoms with Gasteiger partial charge in [-0.25, -0.2) is 0 Å². The second-order valence-electron chi connectivity index (χ2n) is 4.34. The van der Waals surface area contributed by atoms with Crippen LogP contribution >= 0.6 is 12.2 Å². The van der Waals surface area contributed by atoms with Gasteiger partial charge in [-0.1, -0.05) is 0 Å². The van der Waals surface area contributed by atoms with Crippen molar-refractivity contribution in [3.63, 3.8) is 0 Å². The molecule has 0 atom stereocenters. The fourth-order valence-electron chi connectivity index (χ4n) is 2.38. The first-order chi connectivity index (χ1) is 8.33. The maximum absolute atomic E-state index is 4.96. The molecule has 90 valence electrons. The minimum absolute atomic E-state index is 0.521. The normalized spacial score (nSPS) is 17.5. The predicted molar refractivity (Wildman–Crippen MR) is 68.7 cm³/mol. The fourth-order valence-corrected chi connectivity index (χ4v) is 2.52.